The maximum absolute atomic E-state index is 5.81. The molecule has 0 aliphatic carbocycles. The van der Waals surface area contributed by atoms with Crippen molar-refractivity contribution < 1.29 is 4.74 Å². The molecule has 0 heterocycles. The van der Waals surface area contributed by atoms with Gasteiger partial charge in [0, 0.05) is 0 Å². The van der Waals surface area contributed by atoms with E-state index in [2.05, 4.69) is 0 Å². The van der Waals surface area contributed by atoms with E-state index < -0.39 is 0 Å². The Morgan fingerprint density at radius 1 is 1.33 bits per heavy atom. The molecule has 0 aliphatic rings. The van der Waals surface area contributed by atoms with Crippen LogP contribution in [0.2, 0.25) is 0 Å². The highest BCUT2D eigenvalue weighted by Crippen LogP contribution is 2.24. The summed E-state index contributed by atoms with van der Waals surface area (Å²) in [6.07, 6.45) is 0.175. The van der Waals surface area contributed by atoms with Crippen LogP contribution in [0.4, 0.5) is 5.69 Å². The molecule has 0 radical (unpaired) electrons. The van der Waals surface area contributed by atoms with Crippen LogP contribution >= 0.6 is 0 Å². The van der Waals surface area contributed by atoms with Crippen molar-refractivity contribution in [3.05, 3.63) is 23.8 Å². The molecule has 0 aromatic heterocycles. The summed E-state index contributed by atoms with van der Waals surface area (Å²) in [5, 5.41) is 0. The zero-order chi connectivity index (χ0) is 9.14. The zero-order valence-corrected chi connectivity index (χ0v) is 7.79. The molecule has 2 nitrogen and oxygen atoms in total. The SMILES string of the molecule is Cc1cccc(OC(C)C)c1N. The lowest BCUT2D eigenvalue weighted by Crippen LogP contribution is -2.07. The molecular formula is C10H15NO. The van der Waals surface area contributed by atoms with E-state index in [0.29, 0.717) is 0 Å². The third kappa shape index (κ3) is 1.91. The number of aryl methyl sites for hydroxylation is 1. The molecule has 0 bridgehead atoms. The standard InChI is InChI=1S/C10H15NO/c1-7(2)12-9-6-4-5-8(3)10(9)11/h4-7H,11H2,1-3H3. The normalized spacial score (nSPS) is 10.3. The zero-order valence-electron chi connectivity index (χ0n) is 7.79. The summed E-state index contributed by atoms with van der Waals surface area (Å²) in [7, 11) is 0. The van der Waals surface area contributed by atoms with Crippen molar-refractivity contribution in [2.75, 3.05) is 5.73 Å². The predicted octanol–water partition coefficient (Wildman–Crippen LogP) is 2.36. The fourth-order valence-corrected chi connectivity index (χ4v) is 1.01. The Kier molecular flexibility index (Phi) is 2.58. The van der Waals surface area contributed by atoms with Gasteiger partial charge in [0.05, 0.1) is 11.8 Å². The van der Waals surface area contributed by atoms with Crippen LogP contribution in [-0.4, -0.2) is 6.10 Å². The maximum Gasteiger partial charge on any atom is 0.142 e. The van der Waals surface area contributed by atoms with Crippen LogP contribution in [0.15, 0.2) is 18.2 Å². The molecule has 0 saturated heterocycles. The highest BCUT2D eigenvalue weighted by atomic mass is 16.5. The number of ether oxygens (including phenoxy) is 1. The van der Waals surface area contributed by atoms with Gasteiger partial charge in [0.25, 0.3) is 0 Å². The van der Waals surface area contributed by atoms with E-state index >= 15 is 0 Å². The molecule has 1 aromatic carbocycles. The Labute approximate surface area is 73.3 Å². The number of anilines is 1. The molecule has 0 unspecified atom stereocenters. The second kappa shape index (κ2) is 3.48. The van der Waals surface area contributed by atoms with Crippen LogP contribution in [0, 0.1) is 6.92 Å². The lowest BCUT2D eigenvalue weighted by molar-refractivity contribution is 0.244. The molecular weight excluding hydrogens is 150 g/mol. The second-order valence-corrected chi connectivity index (χ2v) is 3.15. The van der Waals surface area contributed by atoms with Gasteiger partial charge in [-0.3, -0.25) is 0 Å². The maximum atomic E-state index is 5.81. The minimum atomic E-state index is 0.175. The van der Waals surface area contributed by atoms with Gasteiger partial charge < -0.3 is 10.5 Å². The molecule has 2 N–H and O–H groups in total. The van der Waals surface area contributed by atoms with Crippen molar-refractivity contribution in [3.8, 4) is 5.75 Å². The van der Waals surface area contributed by atoms with E-state index in [0.717, 1.165) is 17.0 Å². The van der Waals surface area contributed by atoms with Gasteiger partial charge in [-0.15, -0.1) is 0 Å². The molecule has 12 heavy (non-hydrogen) atoms. The Morgan fingerprint density at radius 2 is 2.00 bits per heavy atom. The Hall–Kier alpha value is -1.18. The van der Waals surface area contributed by atoms with Crippen LogP contribution in [-0.2, 0) is 0 Å². The number of hydrogen-bond acceptors (Lipinski definition) is 2. The van der Waals surface area contributed by atoms with Crippen LogP contribution in [0.3, 0.4) is 0 Å². The number of benzene rings is 1. The Balaban J connectivity index is 2.92. The van der Waals surface area contributed by atoms with Crippen molar-refractivity contribution in [2.45, 2.75) is 26.9 Å². The minimum Gasteiger partial charge on any atom is -0.489 e. The number of para-hydroxylation sites is 1. The van der Waals surface area contributed by atoms with Gasteiger partial charge in [0.15, 0.2) is 0 Å². The summed E-state index contributed by atoms with van der Waals surface area (Å²) in [6.45, 7) is 5.95. The molecule has 1 rings (SSSR count). The lowest BCUT2D eigenvalue weighted by atomic mass is 10.2. The monoisotopic (exact) mass is 165 g/mol. The van der Waals surface area contributed by atoms with E-state index in [1.54, 1.807) is 0 Å². The smallest absolute Gasteiger partial charge is 0.142 e. The fraction of sp³-hybridized carbons (Fsp3) is 0.400. The molecule has 0 fully saturated rings. The average molecular weight is 165 g/mol. The quantitative estimate of drug-likeness (QED) is 0.683. The van der Waals surface area contributed by atoms with Crippen LogP contribution in [0.1, 0.15) is 19.4 Å². The van der Waals surface area contributed by atoms with Gasteiger partial charge in [-0.25, -0.2) is 0 Å². The van der Waals surface area contributed by atoms with Crippen LogP contribution in [0.5, 0.6) is 5.75 Å². The molecule has 0 atom stereocenters. The van der Waals surface area contributed by atoms with Crippen molar-refractivity contribution in [2.24, 2.45) is 0 Å². The van der Waals surface area contributed by atoms with E-state index in [4.69, 9.17) is 10.5 Å². The summed E-state index contributed by atoms with van der Waals surface area (Å²) in [5.74, 6) is 0.782. The first-order valence-corrected chi connectivity index (χ1v) is 4.13. The van der Waals surface area contributed by atoms with Crippen LogP contribution in [0.25, 0.3) is 0 Å². The van der Waals surface area contributed by atoms with Gasteiger partial charge in [0.1, 0.15) is 5.75 Å². The molecule has 0 amide bonds. The summed E-state index contributed by atoms with van der Waals surface area (Å²) in [6, 6.07) is 5.81. The highest BCUT2D eigenvalue weighted by Gasteiger charge is 2.03. The highest BCUT2D eigenvalue weighted by molar-refractivity contribution is 5.57. The van der Waals surface area contributed by atoms with Crippen LogP contribution < -0.4 is 10.5 Å². The van der Waals surface area contributed by atoms with Gasteiger partial charge in [-0.2, -0.15) is 0 Å². The first-order chi connectivity index (χ1) is 5.61. The van der Waals surface area contributed by atoms with E-state index in [1.807, 2.05) is 39.0 Å². The Bertz CT molecular complexity index is 269. The minimum absolute atomic E-state index is 0.175. The summed E-state index contributed by atoms with van der Waals surface area (Å²) < 4.78 is 5.50. The fourth-order valence-electron chi connectivity index (χ4n) is 1.01. The van der Waals surface area contributed by atoms with Gasteiger partial charge >= 0.3 is 0 Å². The largest absolute Gasteiger partial charge is 0.489 e. The first kappa shape index (κ1) is 8.91. The number of nitrogens with two attached hydrogens (primary N) is 1. The van der Waals surface area contributed by atoms with E-state index in [-0.39, 0.29) is 6.10 Å². The molecule has 66 valence electrons. The average Bonchev–Trinajstić information content (AvgIpc) is 1.98. The topological polar surface area (TPSA) is 35.2 Å². The van der Waals surface area contributed by atoms with E-state index in [1.165, 1.54) is 0 Å². The molecule has 0 aliphatic heterocycles. The molecule has 2 heteroatoms. The molecule has 1 aromatic rings. The summed E-state index contributed by atoms with van der Waals surface area (Å²) in [5.41, 5.74) is 7.61. The van der Waals surface area contributed by atoms with E-state index in [9.17, 15) is 0 Å². The Morgan fingerprint density at radius 3 is 2.58 bits per heavy atom. The summed E-state index contributed by atoms with van der Waals surface area (Å²) >= 11 is 0. The van der Waals surface area contributed by atoms with Crippen molar-refractivity contribution >= 4 is 5.69 Å². The number of hydrogen-bond donors (Lipinski definition) is 1. The second-order valence-electron chi connectivity index (χ2n) is 3.15. The predicted molar refractivity (Wildman–Crippen MR) is 51.4 cm³/mol. The van der Waals surface area contributed by atoms with Gasteiger partial charge in [0.2, 0.25) is 0 Å². The number of rotatable bonds is 2. The van der Waals surface area contributed by atoms with Crippen molar-refractivity contribution in [3.63, 3.8) is 0 Å². The molecule has 0 saturated carbocycles. The van der Waals surface area contributed by atoms with Crippen molar-refractivity contribution in [1.29, 1.82) is 0 Å². The summed E-state index contributed by atoms with van der Waals surface area (Å²) in [4.78, 5) is 0. The number of nitrogen functional groups attached to an aromatic ring is 1. The van der Waals surface area contributed by atoms with Gasteiger partial charge in [-0.05, 0) is 32.4 Å². The lowest BCUT2D eigenvalue weighted by Gasteiger charge is -2.12. The van der Waals surface area contributed by atoms with Crippen molar-refractivity contribution in [1.82, 2.24) is 0 Å². The third-order valence-corrected chi connectivity index (χ3v) is 1.65. The third-order valence-electron chi connectivity index (χ3n) is 1.65. The molecule has 0 spiro atoms. The van der Waals surface area contributed by atoms with Gasteiger partial charge in [-0.1, -0.05) is 12.1 Å². The first-order valence-electron chi connectivity index (χ1n) is 4.13.